The largest absolute Gasteiger partial charge is 0.616 e. The van der Waals surface area contributed by atoms with Crippen molar-refractivity contribution in [3.8, 4) is 17.4 Å². The highest BCUT2D eigenvalue weighted by Crippen LogP contribution is 2.36. The summed E-state index contributed by atoms with van der Waals surface area (Å²) in [5.41, 5.74) is 0.352. The lowest BCUT2D eigenvalue weighted by Crippen LogP contribution is -2.73. The third kappa shape index (κ3) is 7.07. The molecule has 1 aliphatic carbocycles. The Bertz CT molecular complexity index is 1180. The zero-order valence-electron chi connectivity index (χ0n) is 23.9. The first-order valence-corrected chi connectivity index (χ1v) is 14.9. The molecule has 41 heavy (non-hydrogen) atoms. The fourth-order valence-electron chi connectivity index (χ4n) is 6.59. The highest BCUT2D eigenvalue weighted by molar-refractivity contribution is 6.00. The molecule has 2 aromatic rings. The average Bonchev–Trinajstić information content (AvgIpc) is 2.96. The summed E-state index contributed by atoms with van der Waals surface area (Å²) in [6.07, 6.45) is 11.1. The van der Waals surface area contributed by atoms with E-state index in [2.05, 4.69) is 17.1 Å². The molecule has 2 aliphatic heterocycles. The number of rotatable bonds is 9. The van der Waals surface area contributed by atoms with E-state index in [1.54, 1.807) is 0 Å². The van der Waals surface area contributed by atoms with Gasteiger partial charge < -0.3 is 25.3 Å². The van der Waals surface area contributed by atoms with E-state index in [1.165, 1.54) is 31.4 Å². The van der Waals surface area contributed by atoms with Crippen LogP contribution in [0.15, 0.2) is 42.6 Å². The number of unbranched alkanes of at least 4 members (excludes halogenated alkanes) is 1. The summed E-state index contributed by atoms with van der Waals surface area (Å²) in [5, 5.41) is 24.5. The second kappa shape index (κ2) is 13.7. The molecule has 1 atom stereocenters. The number of aromatic nitrogens is 1. The maximum absolute atomic E-state index is 13.7. The van der Waals surface area contributed by atoms with Crippen LogP contribution >= 0.6 is 12.4 Å². The van der Waals surface area contributed by atoms with Crippen LogP contribution in [0.25, 0.3) is 0 Å². The average molecular weight is 587 g/mol. The molecule has 2 N–H and O–H groups in total. The van der Waals surface area contributed by atoms with E-state index < -0.39 is 5.54 Å². The second-order valence-corrected chi connectivity index (χ2v) is 11.7. The zero-order valence-corrected chi connectivity index (χ0v) is 24.7. The van der Waals surface area contributed by atoms with Gasteiger partial charge in [-0.2, -0.15) is 0 Å². The number of nitrogens with one attached hydrogen (secondary N) is 1. The quantitative estimate of drug-likeness (QED) is 0.326. The SMILES string of the molecule is CCCCN1C(=O)[C@H](CC2CCCCC2)NC(=O)C12CCN(Cc1ccc(Oc3ccc(O)c[n+]3[O-])cc1)CC2.Cl. The van der Waals surface area contributed by atoms with Crippen LogP contribution in [0.1, 0.15) is 76.7 Å². The molecule has 2 saturated heterocycles. The van der Waals surface area contributed by atoms with Gasteiger partial charge in [0.05, 0.1) is 6.07 Å². The van der Waals surface area contributed by atoms with Crippen LogP contribution in [0.2, 0.25) is 0 Å². The van der Waals surface area contributed by atoms with Gasteiger partial charge >= 0.3 is 5.88 Å². The number of nitrogens with zero attached hydrogens (tertiary/aromatic N) is 3. The molecule has 3 heterocycles. The number of ether oxygens (including phenoxy) is 1. The van der Waals surface area contributed by atoms with Gasteiger partial charge in [-0.25, -0.2) is 0 Å². The fraction of sp³-hybridized carbons (Fsp3) is 0.581. The number of piperidine rings is 1. The standard InChI is InChI=1S/C31H42N4O5.ClH/c1-2-3-17-34-29(37)27(20-23-7-5-4-6-8-23)32-30(38)31(34)15-18-33(19-16-31)21-24-9-12-26(13-10-24)40-28-14-11-25(36)22-35(28)39;/h9-14,22-23,27,36H,2-8,15-21H2,1H3,(H,32,38);1H/t27-;/m0./s1. The smallest absolute Gasteiger partial charge is 0.385 e. The molecule has 0 radical (unpaired) electrons. The first-order chi connectivity index (χ1) is 19.4. The van der Waals surface area contributed by atoms with E-state index in [4.69, 9.17) is 4.74 Å². The van der Waals surface area contributed by atoms with E-state index in [9.17, 15) is 19.9 Å². The number of hydrogen-bond acceptors (Lipinski definition) is 6. The summed E-state index contributed by atoms with van der Waals surface area (Å²) in [6, 6.07) is 10.0. The monoisotopic (exact) mass is 586 g/mol. The van der Waals surface area contributed by atoms with Gasteiger partial charge in [-0.05, 0) is 55.4 Å². The number of likely N-dealkylation sites (tertiary alicyclic amines) is 1. The Labute approximate surface area is 248 Å². The highest BCUT2D eigenvalue weighted by Gasteiger charge is 2.53. The van der Waals surface area contributed by atoms with Crippen LogP contribution in [-0.4, -0.2) is 57.9 Å². The summed E-state index contributed by atoms with van der Waals surface area (Å²) in [6.45, 7) is 4.97. The van der Waals surface area contributed by atoms with Gasteiger partial charge in [0.1, 0.15) is 17.3 Å². The Balaban J connectivity index is 0.00000387. The molecule has 2 amide bonds. The van der Waals surface area contributed by atoms with Crippen molar-refractivity contribution in [2.45, 2.75) is 89.3 Å². The van der Waals surface area contributed by atoms with Crippen molar-refractivity contribution >= 4 is 24.2 Å². The van der Waals surface area contributed by atoms with Crippen molar-refractivity contribution in [2.24, 2.45) is 5.92 Å². The van der Waals surface area contributed by atoms with Crippen LogP contribution in [0.4, 0.5) is 0 Å². The van der Waals surface area contributed by atoms with Crippen molar-refractivity contribution in [1.29, 1.82) is 0 Å². The van der Waals surface area contributed by atoms with Gasteiger partial charge in [0.2, 0.25) is 18.0 Å². The van der Waals surface area contributed by atoms with Crippen LogP contribution in [-0.2, 0) is 16.1 Å². The number of amides is 2. The molecule has 3 fully saturated rings. The lowest BCUT2D eigenvalue weighted by Gasteiger charge is -2.52. The van der Waals surface area contributed by atoms with Crippen molar-refractivity contribution < 1.29 is 24.2 Å². The minimum atomic E-state index is -0.749. The molecule has 1 aromatic carbocycles. The number of halogens is 1. The minimum absolute atomic E-state index is 0. The van der Waals surface area contributed by atoms with Crippen molar-refractivity contribution in [2.75, 3.05) is 19.6 Å². The summed E-state index contributed by atoms with van der Waals surface area (Å²) in [4.78, 5) is 31.7. The summed E-state index contributed by atoms with van der Waals surface area (Å²) in [5.74, 6) is 1.18. The maximum atomic E-state index is 13.7. The normalized spacial score (nSPS) is 21.4. The number of benzene rings is 1. The van der Waals surface area contributed by atoms with Gasteiger partial charge in [0.15, 0.2) is 5.75 Å². The number of hydrogen-bond donors (Lipinski definition) is 2. The Morgan fingerprint density at radius 3 is 2.44 bits per heavy atom. The van der Waals surface area contributed by atoms with E-state index in [1.807, 2.05) is 29.2 Å². The fourth-order valence-corrected chi connectivity index (χ4v) is 6.59. The van der Waals surface area contributed by atoms with Gasteiger partial charge in [-0.1, -0.05) is 57.6 Å². The van der Waals surface area contributed by atoms with Gasteiger partial charge in [0, 0.05) is 26.2 Å². The molecule has 0 bridgehead atoms. The molecule has 10 heteroatoms. The Kier molecular flexibility index (Phi) is 10.4. The van der Waals surface area contributed by atoms with Gasteiger partial charge in [0.25, 0.3) is 0 Å². The molecule has 1 saturated carbocycles. The van der Waals surface area contributed by atoms with Crippen molar-refractivity contribution in [1.82, 2.24) is 15.1 Å². The zero-order chi connectivity index (χ0) is 28.1. The summed E-state index contributed by atoms with van der Waals surface area (Å²) >= 11 is 0. The molecule has 1 aromatic heterocycles. The van der Waals surface area contributed by atoms with Gasteiger partial charge in [-0.3, -0.25) is 14.5 Å². The Morgan fingerprint density at radius 2 is 1.78 bits per heavy atom. The predicted octanol–water partition coefficient (Wildman–Crippen LogP) is 4.67. The molecular formula is C31H43ClN4O5. The lowest BCUT2D eigenvalue weighted by molar-refractivity contribution is -0.611. The van der Waals surface area contributed by atoms with Crippen molar-refractivity contribution in [3.63, 3.8) is 0 Å². The second-order valence-electron chi connectivity index (χ2n) is 11.7. The van der Waals surface area contributed by atoms with E-state index in [0.717, 1.165) is 63.5 Å². The van der Waals surface area contributed by atoms with Crippen LogP contribution < -0.4 is 14.8 Å². The van der Waals surface area contributed by atoms with E-state index in [-0.39, 0.29) is 41.9 Å². The lowest BCUT2D eigenvalue weighted by atomic mass is 9.79. The van der Waals surface area contributed by atoms with Crippen LogP contribution in [0.5, 0.6) is 17.4 Å². The molecule has 1 spiro atoms. The number of carbonyl (C=O) groups is 2. The molecule has 9 nitrogen and oxygen atoms in total. The maximum Gasteiger partial charge on any atom is 0.385 e. The van der Waals surface area contributed by atoms with Crippen LogP contribution in [0.3, 0.4) is 0 Å². The summed E-state index contributed by atoms with van der Waals surface area (Å²) in [7, 11) is 0. The minimum Gasteiger partial charge on any atom is -0.616 e. The Morgan fingerprint density at radius 1 is 1.07 bits per heavy atom. The Hall–Kier alpha value is -3.04. The number of piperazine rings is 1. The molecule has 3 aliphatic rings. The predicted molar refractivity (Wildman–Crippen MR) is 158 cm³/mol. The first-order valence-electron chi connectivity index (χ1n) is 14.9. The van der Waals surface area contributed by atoms with Crippen molar-refractivity contribution in [3.05, 3.63) is 53.4 Å². The molecule has 0 unspecified atom stereocenters. The number of carbonyl (C=O) groups excluding carboxylic acids is 2. The van der Waals surface area contributed by atoms with Crippen LogP contribution in [0, 0.1) is 11.1 Å². The van der Waals surface area contributed by atoms with Gasteiger partial charge in [-0.15, -0.1) is 17.1 Å². The highest BCUT2D eigenvalue weighted by atomic mass is 35.5. The van der Waals surface area contributed by atoms with E-state index >= 15 is 0 Å². The molecular weight excluding hydrogens is 544 g/mol. The van der Waals surface area contributed by atoms with E-state index in [0.29, 0.717) is 35.8 Å². The third-order valence-electron chi connectivity index (χ3n) is 8.94. The molecule has 5 rings (SSSR count). The number of aromatic hydroxyl groups is 1. The first kappa shape index (κ1) is 30.9. The third-order valence-corrected chi connectivity index (χ3v) is 8.94. The number of pyridine rings is 1. The topological polar surface area (TPSA) is 109 Å². The summed E-state index contributed by atoms with van der Waals surface area (Å²) < 4.78 is 6.14. The molecule has 224 valence electrons.